The number of aromatic nitrogens is 1. The maximum Gasteiger partial charge on any atom is 0.321 e. The molecular formula is C24H26FN5O3. The first kappa shape index (κ1) is 21.2. The summed E-state index contributed by atoms with van der Waals surface area (Å²) in [5.41, 5.74) is 2.16. The number of halogens is 1. The van der Waals surface area contributed by atoms with Gasteiger partial charge in [-0.3, -0.25) is 4.79 Å². The van der Waals surface area contributed by atoms with E-state index in [1.165, 1.54) is 24.3 Å². The Kier molecular flexibility index (Phi) is 5.85. The molecule has 8 nitrogen and oxygen atoms in total. The average molecular weight is 452 g/mol. The van der Waals surface area contributed by atoms with E-state index in [9.17, 15) is 14.0 Å². The van der Waals surface area contributed by atoms with Crippen LogP contribution in [-0.4, -0.2) is 66.0 Å². The van der Waals surface area contributed by atoms with Gasteiger partial charge in [-0.25, -0.2) is 9.18 Å². The molecule has 2 aromatic carbocycles. The molecule has 2 fully saturated rings. The molecule has 3 heterocycles. The largest absolute Gasteiger partial charge is 0.423 e. The summed E-state index contributed by atoms with van der Waals surface area (Å²) in [7, 11) is 0. The van der Waals surface area contributed by atoms with Gasteiger partial charge in [0.15, 0.2) is 5.58 Å². The van der Waals surface area contributed by atoms with Crippen LogP contribution in [-0.2, 0) is 4.79 Å². The average Bonchev–Trinajstić information content (AvgIpc) is 3.30. The topological polar surface area (TPSA) is 81.9 Å². The third kappa shape index (κ3) is 4.62. The van der Waals surface area contributed by atoms with Crippen LogP contribution in [0.25, 0.3) is 11.1 Å². The molecule has 0 unspecified atom stereocenters. The number of piperidine rings is 1. The van der Waals surface area contributed by atoms with E-state index < -0.39 is 0 Å². The Morgan fingerprint density at radius 3 is 2.27 bits per heavy atom. The second-order valence-electron chi connectivity index (χ2n) is 8.47. The van der Waals surface area contributed by atoms with Gasteiger partial charge in [0.05, 0.1) is 0 Å². The van der Waals surface area contributed by atoms with Crippen LogP contribution in [0.2, 0.25) is 0 Å². The summed E-state index contributed by atoms with van der Waals surface area (Å²) in [6, 6.07) is 13.7. The van der Waals surface area contributed by atoms with Gasteiger partial charge in [-0.05, 0) is 49.2 Å². The Hall–Kier alpha value is -3.62. The Bertz CT molecular complexity index is 1100. The summed E-state index contributed by atoms with van der Waals surface area (Å²) < 4.78 is 18.9. The van der Waals surface area contributed by atoms with Crippen LogP contribution in [0.4, 0.5) is 20.9 Å². The number of hydrogen-bond donors (Lipinski definition) is 1. The van der Waals surface area contributed by atoms with Crippen molar-refractivity contribution in [2.45, 2.75) is 12.8 Å². The Morgan fingerprint density at radius 1 is 0.909 bits per heavy atom. The molecule has 3 aromatic rings. The van der Waals surface area contributed by atoms with Gasteiger partial charge >= 0.3 is 6.03 Å². The van der Waals surface area contributed by atoms with E-state index in [4.69, 9.17) is 4.42 Å². The van der Waals surface area contributed by atoms with Crippen molar-refractivity contribution in [3.8, 4) is 0 Å². The Labute approximate surface area is 191 Å². The molecule has 172 valence electrons. The zero-order chi connectivity index (χ0) is 22.8. The first-order chi connectivity index (χ1) is 16.1. The monoisotopic (exact) mass is 451 g/mol. The fraction of sp³-hybridized carbons (Fsp3) is 0.375. The highest BCUT2D eigenvalue weighted by Gasteiger charge is 2.32. The molecule has 0 bridgehead atoms. The predicted molar refractivity (Wildman–Crippen MR) is 123 cm³/mol. The number of oxazole rings is 1. The Balaban J connectivity index is 1.10. The first-order valence-electron chi connectivity index (χ1n) is 11.3. The molecule has 0 saturated carbocycles. The molecule has 3 amide bonds. The zero-order valence-corrected chi connectivity index (χ0v) is 18.2. The molecule has 2 aliphatic rings. The van der Waals surface area contributed by atoms with Crippen molar-refractivity contribution in [3.05, 3.63) is 54.3 Å². The van der Waals surface area contributed by atoms with Crippen molar-refractivity contribution < 1.29 is 18.4 Å². The zero-order valence-electron chi connectivity index (χ0n) is 18.2. The van der Waals surface area contributed by atoms with Crippen LogP contribution in [0.15, 0.2) is 52.9 Å². The molecule has 0 spiro atoms. The van der Waals surface area contributed by atoms with E-state index in [1.807, 2.05) is 29.2 Å². The molecule has 0 aliphatic carbocycles. The van der Waals surface area contributed by atoms with Crippen LogP contribution in [0.5, 0.6) is 0 Å². The number of carbonyl (C=O) groups excluding carboxylic acids is 2. The van der Waals surface area contributed by atoms with Gasteiger partial charge in [-0.15, -0.1) is 0 Å². The van der Waals surface area contributed by atoms with E-state index in [2.05, 4.69) is 15.2 Å². The van der Waals surface area contributed by atoms with E-state index in [0.717, 1.165) is 37.0 Å². The summed E-state index contributed by atoms with van der Waals surface area (Å²) >= 11 is 0. The maximum absolute atomic E-state index is 13.1. The maximum atomic E-state index is 13.1. The van der Waals surface area contributed by atoms with Crippen molar-refractivity contribution in [1.29, 1.82) is 0 Å². The van der Waals surface area contributed by atoms with Gasteiger partial charge in [0, 0.05) is 50.9 Å². The van der Waals surface area contributed by atoms with Crippen molar-refractivity contribution in [1.82, 2.24) is 14.8 Å². The third-order valence-electron chi connectivity index (χ3n) is 6.37. The summed E-state index contributed by atoms with van der Waals surface area (Å²) in [5, 5.41) is 2.77. The lowest BCUT2D eigenvalue weighted by molar-refractivity contribution is -0.137. The van der Waals surface area contributed by atoms with Crippen molar-refractivity contribution in [2.24, 2.45) is 5.92 Å². The van der Waals surface area contributed by atoms with E-state index >= 15 is 0 Å². The van der Waals surface area contributed by atoms with Crippen LogP contribution >= 0.6 is 0 Å². The van der Waals surface area contributed by atoms with Crippen molar-refractivity contribution in [2.75, 3.05) is 49.5 Å². The molecule has 9 heteroatoms. The lowest BCUT2D eigenvalue weighted by atomic mass is 9.95. The summed E-state index contributed by atoms with van der Waals surface area (Å²) in [6.07, 6.45) is 1.51. The number of anilines is 2. The molecule has 1 N–H and O–H groups in total. The second-order valence-corrected chi connectivity index (χ2v) is 8.47. The molecule has 2 saturated heterocycles. The smallest absolute Gasteiger partial charge is 0.321 e. The highest BCUT2D eigenvalue weighted by Crippen LogP contribution is 2.27. The van der Waals surface area contributed by atoms with Gasteiger partial charge in [0.1, 0.15) is 11.3 Å². The van der Waals surface area contributed by atoms with Crippen molar-refractivity contribution >= 4 is 34.7 Å². The van der Waals surface area contributed by atoms with Crippen LogP contribution in [0.1, 0.15) is 12.8 Å². The molecule has 0 atom stereocenters. The number of nitrogens with zero attached hydrogens (tertiary/aromatic N) is 4. The van der Waals surface area contributed by atoms with Crippen LogP contribution in [0.3, 0.4) is 0 Å². The highest BCUT2D eigenvalue weighted by molar-refractivity contribution is 5.89. The molecule has 1 aromatic heterocycles. The number of piperazine rings is 1. The predicted octanol–water partition coefficient (Wildman–Crippen LogP) is 3.56. The number of benzene rings is 2. The summed E-state index contributed by atoms with van der Waals surface area (Å²) in [5.74, 6) is -0.212. The van der Waals surface area contributed by atoms with Gasteiger partial charge in [0.2, 0.25) is 5.91 Å². The summed E-state index contributed by atoms with van der Waals surface area (Å²) in [6.45, 7) is 3.43. The fourth-order valence-corrected chi connectivity index (χ4v) is 4.44. The first-order valence-corrected chi connectivity index (χ1v) is 11.3. The third-order valence-corrected chi connectivity index (χ3v) is 6.37. The minimum atomic E-state index is -0.347. The molecule has 33 heavy (non-hydrogen) atoms. The minimum Gasteiger partial charge on any atom is -0.423 e. The second kappa shape index (κ2) is 9.09. The van der Waals surface area contributed by atoms with E-state index in [1.54, 1.807) is 4.90 Å². The molecule has 0 radical (unpaired) electrons. The van der Waals surface area contributed by atoms with E-state index in [-0.39, 0.29) is 23.7 Å². The molecule has 2 aliphatic heterocycles. The van der Waals surface area contributed by atoms with Crippen LogP contribution in [0, 0.1) is 11.7 Å². The fourth-order valence-electron chi connectivity index (χ4n) is 4.44. The van der Waals surface area contributed by atoms with Gasteiger partial charge in [0.25, 0.3) is 6.01 Å². The normalized spacial score (nSPS) is 17.4. The van der Waals surface area contributed by atoms with Gasteiger partial charge in [-0.1, -0.05) is 12.1 Å². The number of urea groups is 1. The number of para-hydroxylation sites is 2. The van der Waals surface area contributed by atoms with Crippen molar-refractivity contribution in [3.63, 3.8) is 0 Å². The summed E-state index contributed by atoms with van der Waals surface area (Å²) in [4.78, 5) is 35.7. The lowest BCUT2D eigenvalue weighted by Crippen LogP contribution is -2.53. The SMILES string of the molecule is O=C(Nc1ccc(F)cc1)N1CCN(C(=O)C2CCN(c3nc4ccccc4o3)CC2)CC1. The quantitative estimate of drug-likeness (QED) is 0.659. The Morgan fingerprint density at radius 2 is 1.58 bits per heavy atom. The van der Waals surface area contributed by atoms with E-state index in [0.29, 0.717) is 37.9 Å². The number of amides is 3. The lowest BCUT2D eigenvalue weighted by Gasteiger charge is -2.38. The van der Waals surface area contributed by atoms with Gasteiger partial charge < -0.3 is 24.4 Å². The number of rotatable bonds is 3. The number of fused-ring (bicyclic) bond motifs is 1. The highest BCUT2D eigenvalue weighted by atomic mass is 19.1. The number of hydrogen-bond acceptors (Lipinski definition) is 5. The molecule has 5 rings (SSSR count). The number of nitrogens with one attached hydrogen (secondary N) is 1. The minimum absolute atomic E-state index is 0.0229. The number of carbonyl (C=O) groups is 2. The standard InChI is InChI=1S/C24H26FN5O3/c25-18-5-7-19(8-6-18)26-23(32)29-15-13-28(14-16-29)22(31)17-9-11-30(12-10-17)24-27-20-3-1-2-4-21(20)33-24/h1-8,17H,9-16H2,(H,26,32). The molecular weight excluding hydrogens is 425 g/mol. The van der Waals surface area contributed by atoms with Crippen LogP contribution < -0.4 is 10.2 Å². The van der Waals surface area contributed by atoms with Gasteiger partial charge in [-0.2, -0.15) is 4.98 Å².